The minimum atomic E-state index is -3.61. The number of sulfonamides is 1. The van der Waals surface area contributed by atoms with Gasteiger partial charge < -0.3 is 0 Å². The van der Waals surface area contributed by atoms with Crippen molar-refractivity contribution < 1.29 is 12.8 Å². The van der Waals surface area contributed by atoms with E-state index < -0.39 is 10.0 Å². The van der Waals surface area contributed by atoms with Crippen molar-refractivity contribution in [3.8, 4) is 11.2 Å². The Kier molecular flexibility index (Phi) is 5.52. The minimum Gasteiger partial charge on any atom is -0.207 e. The van der Waals surface area contributed by atoms with Gasteiger partial charge in [0.1, 0.15) is 5.82 Å². The van der Waals surface area contributed by atoms with Gasteiger partial charge in [-0.3, -0.25) is 0 Å². The van der Waals surface area contributed by atoms with Crippen LogP contribution in [0.2, 0.25) is 0 Å². The van der Waals surface area contributed by atoms with Crippen LogP contribution in [0.3, 0.4) is 0 Å². The van der Waals surface area contributed by atoms with Crippen molar-refractivity contribution in [2.75, 3.05) is 13.1 Å². The van der Waals surface area contributed by atoms with Gasteiger partial charge in [0.05, 0.1) is 0 Å². The van der Waals surface area contributed by atoms with E-state index in [4.69, 9.17) is 0 Å². The van der Waals surface area contributed by atoms with Crippen molar-refractivity contribution >= 4 is 10.0 Å². The molecule has 0 N–H and O–H groups in total. The largest absolute Gasteiger partial charge is 0.283 e. The predicted molar refractivity (Wildman–Crippen MR) is 96.6 cm³/mol. The van der Waals surface area contributed by atoms with Gasteiger partial charge in [0, 0.05) is 23.9 Å². The van der Waals surface area contributed by atoms with Crippen LogP contribution in [0.5, 0.6) is 0 Å². The summed E-state index contributed by atoms with van der Waals surface area (Å²) in [4.78, 5) is 0. The Morgan fingerprint density at radius 1 is 1.00 bits per heavy atom. The average Bonchev–Trinajstić information content (AvgIpc) is 2.63. The van der Waals surface area contributed by atoms with E-state index in [1.807, 2.05) is 18.2 Å². The van der Waals surface area contributed by atoms with Gasteiger partial charge in [-0.25, -0.2) is 4.39 Å². The third kappa shape index (κ3) is 4.91. The summed E-state index contributed by atoms with van der Waals surface area (Å²) in [6.07, 6.45) is 2.66. The zero-order valence-electron chi connectivity index (χ0n) is 13.9. The van der Waals surface area contributed by atoms with Crippen LogP contribution >= 0.6 is 0 Å². The van der Waals surface area contributed by atoms with Crippen LogP contribution in [-0.4, -0.2) is 25.8 Å². The van der Waals surface area contributed by atoms with Crippen LogP contribution in [0.25, 0.3) is 0 Å². The third-order valence-electron chi connectivity index (χ3n) is 4.45. The van der Waals surface area contributed by atoms with Crippen molar-refractivity contribution in [3.05, 3.63) is 71.5 Å². The van der Waals surface area contributed by atoms with E-state index >= 15 is 0 Å². The molecule has 0 saturated carbocycles. The van der Waals surface area contributed by atoms with Gasteiger partial charge in [-0.1, -0.05) is 30.3 Å². The predicted octanol–water partition coefficient (Wildman–Crippen LogP) is 3.42. The second-order valence-corrected chi connectivity index (χ2v) is 7.94. The van der Waals surface area contributed by atoms with Crippen LogP contribution in [0.4, 0.5) is 4.39 Å². The molecular formula is C20H20FNO2S. The monoisotopic (exact) mass is 357 g/mol. The van der Waals surface area contributed by atoms with Crippen LogP contribution in [0.15, 0.2) is 54.6 Å². The second-order valence-electron chi connectivity index (χ2n) is 6.27. The normalized spacial score (nSPS) is 16.2. The maximum atomic E-state index is 12.9. The summed E-state index contributed by atoms with van der Waals surface area (Å²) in [7, 11) is -3.61. The van der Waals surface area contributed by atoms with E-state index in [9.17, 15) is 12.8 Å². The van der Waals surface area contributed by atoms with Crippen molar-refractivity contribution in [1.82, 2.24) is 4.31 Å². The summed E-state index contributed by atoms with van der Waals surface area (Å²) < 4.78 is 39.1. The Bertz CT molecular complexity index is 859. The first-order chi connectivity index (χ1) is 12.0. The highest BCUT2D eigenvalue weighted by molar-refractivity contribution is 7.93. The first kappa shape index (κ1) is 17.7. The molecule has 2 aromatic carbocycles. The Hall–Kier alpha value is -2.16. The molecule has 1 heterocycles. The first-order valence-corrected chi connectivity index (χ1v) is 9.79. The third-order valence-corrected chi connectivity index (χ3v) is 5.85. The molecule has 0 spiro atoms. The van der Waals surface area contributed by atoms with Crippen molar-refractivity contribution in [2.45, 2.75) is 19.3 Å². The van der Waals surface area contributed by atoms with E-state index in [0.29, 0.717) is 24.6 Å². The number of hydrogen-bond acceptors (Lipinski definition) is 2. The smallest absolute Gasteiger partial charge is 0.207 e. The van der Waals surface area contributed by atoms with E-state index in [-0.39, 0.29) is 5.82 Å². The van der Waals surface area contributed by atoms with E-state index in [1.54, 1.807) is 0 Å². The molecular weight excluding hydrogens is 337 g/mol. The molecule has 130 valence electrons. The summed E-state index contributed by atoms with van der Waals surface area (Å²) in [5.41, 5.74) is 1.78. The lowest BCUT2D eigenvalue weighted by Gasteiger charge is -2.29. The lowest BCUT2D eigenvalue weighted by atomic mass is 9.91. The topological polar surface area (TPSA) is 37.4 Å². The molecule has 0 aromatic heterocycles. The molecule has 0 unspecified atom stereocenters. The molecule has 1 saturated heterocycles. The Morgan fingerprint density at radius 2 is 1.64 bits per heavy atom. The molecule has 0 bridgehead atoms. The van der Waals surface area contributed by atoms with Crippen molar-refractivity contribution in [2.24, 2.45) is 5.92 Å². The molecule has 0 radical (unpaired) electrons. The van der Waals surface area contributed by atoms with Crippen LogP contribution in [0, 0.1) is 22.9 Å². The van der Waals surface area contributed by atoms with Crippen molar-refractivity contribution in [3.63, 3.8) is 0 Å². The van der Waals surface area contributed by atoms with E-state index in [0.717, 1.165) is 19.3 Å². The standard InChI is InChI=1S/C20H20FNO2S/c21-20-8-6-17(7-9-20)12-15-25(23,24)22-13-10-19(11-14-22)16-18-4-2-1-3-5-18/h1-9,19H,10-11,13-14,16H2. The van der Waals surface area contributed by atoms with Gasteiger partial charge in [-0.2, -0.15) is 12.7 Å². The Labute approximate surface area is 148 Å². The second kappa shape index (κ2) is 7.81. The summed E-state index contributed by atoms with van der Waals surface area (Å²) in [6.45, 7) is 0.996. The molecule has 0 aliphatic carbocycles. The number of halogens is 1. The lowest BCUT2D eigenvalue weighted by Crippen LogP contribution is -2.38. The van der Waals surface area contributed by atoms with E-state index in [2.05, 4.69) is 23.3 Å². The molecule has 1 aliphatic heterocycles. The van der Waals surface area contributed by atoms with Gasteiger partial charge >= 0.3 is 0 Å². The number of nitrogens with zero attached hydrogens (tertiary/aromatic N) is 1. The summed E-state index contributed by atoms with van der Waals surface area (Å²) in [5.74, 6) is 2.75. The molecule has 1 aliphatic rings. The van der Waals surface area contributed by atoms with Gasteiger partial charge in [0.25, 0.3) is 10.0 Å². The van der Waals surface area contributed by atoms with Crippen LogP contribution in [-0.2, 0) is 16.4 Å². The molecule has 0 atom stereocenters. The first-order valence-electron chi connectivity index (χ1n) is 8.35. The SMILES string of the molecule is O=S(=O)(C#Cc1ccc(F)cc1)N1CCC(Cc2ccccc2)CC1. The Balaban J connectivity index is 1.59. The molecule has 2 aromatic rings. The number of hydrogen-bond donors (Lipinski definition) is 0. The maximum Gasteiger partial charge on any atom is 0.283 e. The van der Waals surface area contributed by atoms with E-state index in [1.165, 1.54) is 34.1 Å². The van der Waals surface area contributed by atoms with Gasteiger partial charge in [-0.15, -0.1) is 0 Å². The molecule has 5 heteroatoms. The molecule has 3 rings (SSSR count). The number of rotatable bonds is 3. The highest BCUT2D eigenvalue weighted by atomic mass is 32.2. The van der Waals surface area contributed by atoms with Gasteiger partial charge in [0.2, 0.25) is 0 Å². The highest BCUT2D eigenvalue weighted by Gasteiger charge is 2.26. The zero-order chi connectivity index (χ0) is 17.7. The fourth-order valence-electron chi connectivity index (χ4n) is 3.02. The average molecular weight is 357 g/mol. The number of piperidine rings is 1. The van der Waals surface area contributed by atoms with Crippen molar-refractivity contribution in [1.29, 1.82) is 0 Å². The molecule has 3 nitrogen and oxygen atoms in total. The highest BCUT2D eigenvalue weighted by Crippen LogP contribution is 2.23. The summed E-state index contributed by atoms with van der Waals surface area (Å²) >= 11 is 0. The molecule has 0 amide bonds. The molecule has 25 heavy (non-hydrogen) atoms. The van der Waals surface area contributed by atoms with Gasteiger partial charge in [-0.05, 0) is 60.9 Å². The fourth-order valence-corrected chi connectivity index (χ4v) is 4.09. The lowest BCUT2D eigenvalue weighted by molar-refractivity contribution is 0.275. The zero-order valence-corrected chi connectivity index (χ0v) is 14.7. The van der Waals surface area contributed by atoms with Crippen LogP contribution < -0.4 is 0 Å². The Morgan fingerprint density at radius 3 is 2.28 bits per heavy atom. The maximum absolute atomic E-state index is 12.9. The summed E-state index contributed by atoms with van der Waals surface area (Å²) in [5, 5.41) is 2.35. The number of benzene rings is 2. The fraction of sp³-hybridized carbons (Fsp3) is 0.300. The van der Waals surface area contributed by atoms with Crippen LogP contribution in [0.1, 0.15) is 24.0 Å². The molecule has 1 fully saturated rings. The summed E-state index contributed by atoms with van der Waals surface area (Å²) in [6, 6.07) is 15.8. The minimum absolute atomic E-state index is 0.367. The quantitative estimate of drug-likeness (QED) is 0.790. The van der Waals surface area contributed by atoms with Gasteiger partial charge in [0.15, 0.2) is 0 Å².